The Morgan fingerprint density at radius 2 is 2.30 bits per heavy atom. The van der Waals surface area contributed by atoms with Gasteiger partial charge >= 0.3 is 0 Å². The molecule has 1 fully saturated rings. The van der Waals surface area contributed by atoms with Crippen LogP contribution in [0.15, 0.2) is 23.4 Å². The van der Waals surface area contributed by atoms with Gasteiger partial charge in [-0.15, -0.1) is 0 Å². The van der Waals surface area contributed by atoms with Crippen LogP contribution >= 0.6 is 0 Å². The van der Waals surface area contributed by atoms with Crippen molar-refractivity contribution < 1.29 is 14.3 Å². The second-order valence-corrected chi connectivity index (χ2v) is 5.14. The molecule has 5 nitrogen and oxygen atoms in total. The minimum Gasteiger partial charge on any atom is -0.409 e. The standard InChI is InChI=1S/C14H20FN3O2/c1-20-14(5-2-6-14)9-17-8-11-4-3-10(7-12(11)15)13(16)18-19/h3-4,7,17,19H,2,5-6,8-9H2,1H3,(H2,16,18). The fourth-order valence-electron chi connectivity index (χ4n) is 2.36. The smallest absolute Gasteiger partial charge is 0.170 e. The maximum atomic E-state index is 13.9. The molecule has 0 spiro atoms. The van der Waals surface area contributed by atoms with Crippen LogP contribution in [0.4, 0.5) is 4.39 Å². The van der Waals surface area contributed by atoms with Crippen LogP contribution in [0.5, 0.6) is 0 Å². The van der Waals surface area contributed by atoms with Crippen LogP contribution in [0.25, 0.3) is 0 Å². The highest BCUT2D eigenvalue weighted by Gasteiger charge is 2.36. The first-order chi connectivity index (χ1) is 9.60. The third-order valence-corrected chi connectivity index (χ3v) is 3.92. The van der Waals surface area contributed by atoms with Crippen molar-refractivity contribution in [1.82, 2.24) is 5.32 Å². The summed E-state index contributed by atoms with van der Waals surface area (Å²) in [5, 5.41) is 14.6. The zero-order valence-electron chi connectivity index (χ0n) is 11.5. The first-order valence-corrected chi connectivity index (χ1v) is 6.62. The number of ether oxygens (including phenoxy) is 1. The van der Waals surface area contributed by atoms with Crippen molar-refractivity contribution >= 4 is 5.84 Å². The van der Waals surface area contributed by atoms with Gasteiger partial charge in [0.25, 0.3) is 0 Å². The Hall–Kier alpha value is -1.66. The summed E-state index contributed by atoms with van der Waals surface area (Å²) in [6.45, 7) is 1.14. The van der Waals surface area contributed by atoms with Gasteiger partial charge in [-0.3, -0.25) is 0 Å². The molecular weight excluding hydrogens is 261 g/mol. The van der Waals surface area contributed by atoms with Crippen LogP contribution in [-0.4, -0.2) is 30.3 Å². The molecule has 4 N–H and O–H groups in total. The number of methoxy groups -OCH3 is 1. The Balaban J connectivity index is 1.93. The highest BCUT2D eigenvalue weighted by molar-refractivity contribution is 5.97. The van der Waals surface area contributed by atoms with Gasteiger partial charge < -0.3 is 21.0 Å². The topological polar surface area (TPSA) is 79.9 Å². The van der Waals surface area contributed by atoms with Crippen molar-refractivity contribution in [2.75, 3.05) is 13.7 Å². The third-order valence-electron chi connectivity index (χ3n) is 3.92. The predicted octanol–water partition coefficient (Wildman–Crippen LogP) is 1.58. The van der Waals surface area contributed by atoms with Crippen molar-refractivity contribution in [3.05, 3.63) is 35.1 Å². The molecule has 110 valence electrons. The lowest BCUT2D eigenvalue weighted by molar-refractivity contribution is -0.0695. The summed E-state index contributed by atoms with van der Waals surface area (Å²) in [5.74, 6) is -0.474. The van der Waals surface area contributed by atoms with Crippen LogP contribution < -0.4 is 11.1 Å². The Labute approximate surface area is 117 Å². The first kappa shape index (κ1) is 14.7. The zero-order chi connectivity index (χ0) is 14.6. The van der Waals surface area contributed by atoms with Gasteiger partial charge in [0.05, 0.1) is 5.60 Å². The fourth-order valence-corrected chi connectivity index (χ4v) is 2.36. The van der Waals surface area contributed by atoms with Crippen LogP contribution in [-0.2, 0) is 11.3 Å². The summed E-state index contributed by atoms with van der Waals surface area (Å²) in [6, 6.07) is 4.53. The first-order valence-electron chi connectivity index (χ1n) is 6.62. The number of hydrogen-bond acceptors (Lipinski definition) is 4. The highest BCUT2D eigenvalue weighted by atomic mass is 19.1. The zero-order valence-corrected chi connectivity index (χ0v) is 11.5. The summed E-state index contributed by atoms with van der Waals surface area (Å²) in [4.78, 5) is 0. The van der Waals surface area contributed by atoms with Crippen molar-refractivity contribution in [2.24, 2.45) is 10.9 Å². The molecule has 1 aromatic carbocycles. The molecule has 1 aliphatic carbocycles. The van der Waals surface area contributed by atoms with Gasteiger partial charge in [0, 0.05) is 31.3 Å². The largest absolute Gasteiger partial charge is 0.409 e. The van der Waals surface area contributed by atoms with Crippen LogP contribution in [0.2, 0.25) is 0 Å². The molecule has 0 bridgehead atoms. The van der Waals surface area contributed by atoms with E-state index < -0.39 is 0 Å². The normalized spacial score (nSPS) is 17.8. The molecule has 0 amide bonds. The Morgan fingerprint density at radius 1 is 1.55 bits per heavy atom. The van der Waals surface area contributed by atoms with Gasteiger partial charge in [-0.1, -0.05) is 17.3 Å². The highest BCUT2D eigenvalue weighted by Crippen LogP contribution is 2.34. The molecule has 0 aromatic heterocycles. The summed E-state index contributed by atoms with van der Waals surface area (Å²) < 4.78 is 19.4. The molecule has 1 aliphatic rings. The fraction of sp³-hybridized carbons (Fsp3) is 0.500. The molecule has 0 atom stereocenters. The number of benzene rings is 1. The summed E-state index contributed by atoms with van der Waals surface area (Å²) >= 11 is 0. The van der Waals surface area contributed by atoms with Gasteiger partial charge in [0.15, 0.2) is 5.84 Å². The van der Waals surface area contributed by atoms with Gasteiger partial charge in [-0.2, -0.15) is 0 Å². The number of nitrogens with two attached hydrogens (primary N) is 1. The van der Waals surface area contributed by atoms with Crippen LogP contribution in [0.1, 0.15) is 30.4 Å². The van der Waals surface area contributed by atoms with E-state index in [1.807, 2.05) is 0 Å². The average molecular weight is 281 g/mol. The lowest BCUT2D eigenvalue weighted by Crippen LogP contribution is -2.47. The Kier molecular flexibility index (Phi) is 4.57. The molecule has 6 heteroatoms. The lowest BCUT2D eigenvalue weighted by Gasteiger charge is -2.40. The molecule has 0 heterocycles. The minimum absolute atomic E-state index is 0.0790. The van der Waals surface area contributed by atoms with E-state index in [0.717, 1.165) is 12.8 Å². The van der Waals surface area contributed by atoms with Crippen molar-refractivity contribution in [3.63, 3.8) is 0 Å². The average Bonchev–Trinajstić information content (AvgIpc) is 2.42. The minimum atomic E-state index is -0.373. The van der Waals surface area contributed by atoms with Crippen molar-refractivity contribution in [1.29, 1.82) is 0 Å². The number of hydrogen-bond donors (Lipinski definition) is 3. The Morgan fingerprint density at radius 3 is 2.80 bits per heavy atom. The van der Waals surface area contributed by atoms with E-state index >= 15 is 0 Å². The van der Waals surface area contributed by atoms with Gasteiger partial charge in [-0.25, -0.2) is 4.39 Å². The van der Waals surface area contributed by atoms with E-state index in [1.165, 1.54) is 12.5 Å². The Bertz CT molecular complexity index is 496. The van der Waals surface area contributed by atoms with Gasteiger partial charge in [0.2, 0.25) is 0 Å². The molecule has 20 heavy (non-hydrogen) atoms. The molecule has 0 aliphatic heterocycles. The number of nitrogens with zero attached hydrogens (tertiary/aromatic N) is 1. The maximum absolute atomic E-state index is 13.9. The predicted molar refractivity (Wildman–Crippen MR) is 74.2 cm³/mol. The van der Waals surface area contributed by atoms with Crippen molar-refractivity contribution in [3.8, 4) is 0 Å². The number of oxime groups is 1. The van der Waals surface area contributed by atoms with E-state index in [2.05, 4.69) is 10.5 Å². The lowest BCUT2D eigenvalue weighted by atomic mass is 9.80. The van der Waals surface area contributed by atoms with Gasteiger partial charge in [0.1, 0.15) is 5.82 Å². The number of rotatable bonds is 6. The molecular formula is C14H20FN3O2. The van der Waals surface area contributed by atoms with Crippen LogP contribution in [0.3, 0.4) is 0 Å². The van der Waals surface area contributed by atoms with E-state index in [9.17, 15) is 4.39 Å². The summed E-state index contributed by atoms with van der Waals surface area (Å²) in [6.07, 6.45) is 3.27. The SMILES string of the molecule is COC1(CNCc2ccc(/C(N)=N/O)cc2F)CCC1. The number of halogens is 1. The molecule has 1 saturated carbocycles. The second-order valence-electron chi connectivity index (χ2n) is 5.14. The van der Waals surface area contributed by atoms with E-state index in [-0.39, 0.29) is 17.3 Å². The maximum Gasteiger partial charge on any atom is 0.170 e. The van der Waals surface area contributed by atoms with E-state index in [1.54, 1.807) is 19.2 Å². The monoisotopic (exact) mass is 281 g/mol. The van der Waals surface area contributed by atoms with Gasteiger partial charge in [-0.05, 0) is 25.3 Å². The molecule has 0 radical (unpaired) electrons. The second kappa shape index (κ2) is 6.19. The number of amidine groups is 1. The third kappa shape index (κ3) is 3.08. The van der Waals surface area contributed by atoms with E-state index in [0.29, 0.717) is 24.2 Å². The molecule has 0 saturated heterocycles. The van der Waals surface area contributed by atoms with E-state index in [4.69, 9.17) is 15.7 Å². The number of nitrogens with one attached hydrogen (secondary N) is 1. The summed E-state index contributed by atoms with van der Waals surface area (Å²) in [5.41, 5.74) is 6.24. The molecule has 1 aromatic rings. The van der Waals surface area contributed by atoms with Crippen LogP contribution in [0, 0.1) is 5.82 Å². The quantitative estimate of drug-likeness (QED) is 0.320. The molecule has 0 unspecified atom stereocenters. The molecule has 2 rings (SSSR count). The van der Waals surface area contributed by atoms with Crippen molar-refractivity contribution in [2.45, 2.75) is 31.4 Å². The summed E-state index contributed by atoms with van der Waals surface area (Å²) in [7, 11) is 1.72.